The van der Waals surface area contributed by atoms with Crippen molar-refractivity contribution in [2.24, 2.45) is 0 Å². The van der Waals surface area contributed by atoms with Crippen LogP contribution in [0, 0.1) is 3.57 Å². The number of carbonyl (C=O) groups is 1. The number of carbonyl (C=O) groups excluding carboxylic acids is 1. The summed E-state index contributed by atoms with van der Waals surface area (Å²) in [5.74, 6) is -0.277. The molecule has 15 heavy (non-hydrogen) atoms. The molecule has 79 valence electrons. The van der Waals surface area contributed by atoms with Gasteiger partial charge in [-0.3, -0.25) is 0 Å². The predicted octanol–water partition coefficient (Wildman–Crippen LogP) is 3.19. The van der Waals surface area contributed by atoms with Gasteiger partial charge in [0.05, 0.1) is 12.2 Å². The summed E-state index contributed by atoms with van der Waals surface area (Å²) in [5.41, 5.74) is 0.580. The second-order valence-electron chi connectivity index (χ2n) is 2.86. The van der Waals surface area contributed by atoms with Gasteiger partial charge >= 0.3 is 5.97 Å². The Morgan fingerprint density at radius 3 is 2.93 bits per heavy atom. The van der Waals surface area contributed by atoms with Crippen LogP contribution in [-0.2, 0) is 4.74 Å². The smallest absolute Gasteiger partial charge is 0.339 e. The van der Waals surface area contributed by atoms with Crippen LogP contribution in [0.2, 0.25) is 6.04 Å². The molecular weight excluding hydrogens is 387 g/mol. The van der Waals surface area contributed by atoms with E-state index in [4.69, 9.17) is 4.74 Å². The molecule has 0 aliphatic heterocycles. The quantitative estimate of drug-likeness (QED) is 0.338. The minimum absolute atomic E-state index is 0.277. The second-order valence-corrected chi connectivity index (χ2v) is 5.46. The van der Waals surface area contributed by atoms with Gasteiger partial charge in [-0.1, -0.05) is 6.04 Å². The fourth-order valence-electron chi connectivity index (χ4n) is 0.969. The first kappa shape index (κ1) is 13.2. The van der Waals surface area contributed by atoms with E-state index in [1.54, 1.807) is 6.07 Å². The largest absolute Gasteiger partial charge is 0.462 e. The number of hydrogen-bond acceptors (Lipinski definition) is 2. The van der Waals surface area contributed by atoms with E-state index in [1.807, 2.05) is 12.1 Å². The average molecular weight is 396 g/mol. The van der Waals surface area contributed by atoms with Crippen LogP contribution in [0.15, 0.2) is 22.7 Å². The van der Waals surface area contributed by atoms with Crippen molar-refractivity contribution >= 4 is 54.7 Å². The van der Waals surface area contributed by atoms with Crippen molar-refractivity contribution in [3.8, 4) is 0 Å². The molecule has 0 bridgehead atoms. The average Bonchev–Trinajstić information content (AvgIpc) is 2.22. The maximum Gasteiger partial charge on any atom is 0.339 e. The van der Waals surface area contributed by atoms with Crippen molar-refractivity contribution < 1.29 is 9.53 Å². The molecule has 0 atom stereocenters. The summed E-state index contributed by atoms with van der Waals surface area (Å²) in [6, 6.07) is 6.42. The number of rotatable bonds is 4. The Balaban J connectivity index is 2.68. The molecule has 3 radical (unpaired) electrons. The van der Waals surface area contributed by atoms with Crippen LogP contribution in [0.1, 0.15) is 16.8 Å². The van der Waals surface area contributed by atoms with Crippen LogP contribution in [0.3, 0.4) is 0 Å². The van der Waals surface area contributed by atoms with Crippen molar-refractivity contribution in [1.29, 1.82) is 0 Å². The van der Waals surface area contributed by atoms with Crippen LogP contribution in [-0.4, -0.2) is 22.8 Å². The maximum atomic E-state index is 11.6. The molecule has 1 aromatic rings. The van der Waals surface area contributed by atoms with Crippen molar-refractivity contribution in [1.82, 2.24) is 0 Å². The summed E-state index contributed by atoms with van der Waals surface area (Å²) in [6.45, 7) is 0.445. The lowest BCUT2D eigenvalue weighted by molar-refractivity contribution is 0.0504. The van der Waals surface area contributed by atoms with Crippen LogP contribution >= 0.6 is 38.5 Å². The first-order valence-corrected chi connectivity index (χ1v) is 7.00. The number of ether oxygens (including phenoxy) is 1. The minimum atomic E-state index is -0.277. The molecule has 0 aromatic heterocycles. The van der Waals surface area contributed by atoms with E-state index in [2.05, 4.69) is 48.8 Å². The molecule has 0 unspecified atom stereocenters. The number of hydrogen-bond donors (Lipinski definition) is 0. The predicted molar refractivity (Wildman–Crippen MR) is 72.3 cm³/mol. The molecule has 5 heteroatoms. The highest BCUT2D eigenvalue weighted by Crippen LogP contribution is 2.20. The summed E-state index contributed by atoms with van der Waals surface area (Å²) in [7, 11) is 3.33. The third kappa shape index (κ3) is 4.24. The van der Waals surface area contributed by atoms with Gasteiger partial charge in [-0.05, 0) is 63.1 Å². The third-order valence-electron chi connectivity index (χ3n) is 1.70. The minimum Gasteiger partial charge on any atom is -0.462 e. The molecule has 0 aliphatic carbocycles. The molecule has 0 N–H and O–H groups in total. The molecule has 0 aliphatic rings. The highest BCUT2D eigenvalue weighted by atomic mass is 127. The van der Waals surface area contributed by atoms with Gasteiger partial charge in [0.25, 0.3) is 0 Å². The first-order chi connectivity index (χ1) is 7.15. The maximum absolute atomic E-state index is 11.6. The molecule has 0 heterocycles. The molecule has 0 saturated heterocycles. The third-order valence-corrected chi connectivity index (χ3v) is 3.42. The summed E-state index contributed by atoms with van der Waals surface area (Å²) in [5, 5.41) is 0. The fraction of sp³-hybridized carbons (Fsp3) is 0.300. The van der Waals surface area contributed by atoms with E-state index in [0.717, 1.165) is 20.5 Å². The highest BCUT2D eigenvalue weighted by molar-refractivity contribution is 14.1. The van der Waals surface area contributed by atoms with Gasteiger partial charge < -0.3 is 4.74 Å². The molecule has 0 fully saturated rings. The van der Waals surface area contributed by atoms with Gasteiger partial charge in [0.15, 0.2) is 0 Å². The first-order valence-electron chi connectivity index (χ1n) is 4.42. The molecule has 0 amide bonds. The van der Waals surface area contributed by atoms with Crippen molar-refractivity contribution in [2.45, 2.75) is 12.5 Å². The van der Waals surface area contributed by atoms with Gasteiger partial charge in [0, 0.05) is 18.3 Å². The van der Waals surface area contributed by atoms with Crippen LogP contribution in [0.25, 0.3) is 0 Å². The zero-order valence-electron chi connectivity index (χ0n) is 7.93. The Morgan fingerprint density at radius 2 is 2.27 bits per heavy atom. The molecule has 1 rings (SSSR count). The fourth-order valence-corrected chi connectivity index (χ4v) is 2.01. The number of benzene rings is 1. The lowest BCUT2D eigenvalue weighted by Gasteiger charge is -2.05. The van der Waals surface area contributed by atoms with Crippen molar-refractivity contribution in [2.75, 3.05) is 6.61 Å². The van der Waals surface area contributed by atoms with Gasteiger partial charge in [0.2, 0.25) is 0 Å². The Labute approximate surface area is 114 Å². The SMILES string of the molecule is O=C(OCCC[Si])c1cc(I)ccc1Br. The Hall–Kier alpha value is 0.117. The standard InChI is InChI=1S/C10H9BrIO2Si/c11-9-3-2-7(12)6-8(9)10(13)14-4-1-5-15/h2-3,6H,1,4-5H2. The van der Waals surface area contributed by atoms with Crippen LogP contribution in [0.5, 0.6) is 0 Å². The zero-order chi connectivity index (χ0) is 11.3. The van der Waals surface area contributed by atoms with Gasteiger partial charge in [-0.25, -0.2) is 4.79 Å². The number of esters is 1. The van der Waals surface area contributed by atoms with Crippen LogP contribution in [0.4, 0.5) is 0 Å². The Bertz CT molecular complexity index is 357. The summed E-state index contributed by atoms with van der Waals surface area (Å²) in [6.07, 6.45) is 0.824. The monoisotopic (exact) mass is 395 g/mol. The van der Waals surface area contributed by atoms with E-state index in [1.165, 1.54) is 0 Å². The second kappa shape index (κ2) is 6.65. The molecule has 0 spiro atoms. The number of halogens is 2. The Kier molecular flexibility index (Phi) is 5.84. The van der Waals surface area contributed by atoms with Gasteiger partial charge in [-0.2, -0.15) is 0 Å². The summed E-state index contributed by atoms with van der Waals surface area (Å²) in [4.78, 5) is 11.6. The van der Waals surface area contributed by atoms with Crippen molar-refractivity contribution in [3.05, 3.63) is 31.8 Å². The van der Waals surface area contributed by atoms with E-state index in [-0.39, 0.29) is 5.97 Å². The topological polar surface area (TPSA) is 26.3 Å². The summed E-state index contributed by atoms with van der Waals surface area (Å²) < 4.78 is 6.89. The van der Waals surface area contributed by atoms with E-state index in [9.17, 15) is 4.79 Å². The van der Waals surface area contributed by atoms with Crippen molar-refractivity contribution in [3.63, 3.8) is 0 Å². The normalized spacial score (nSPS) is 10.1. The molecule has 1 aromatic carbocycles. The molecule has 0 saturated carbocycles. The Morgan fingerprint density at radius 1 is 1.53 bits per heavy atom. The highest BCUT2D eigenvalue weighted by Gasteiger charge is 2.11. The van der Waals surface area contributed by atoms with Gasteiger partial charge in [0.1, 0.15) is 0 Å². The lowest BCUT2D eigenvalue weighted by atomic mass is 10.2. The zero-order valence-corrected chi connectivity index (χ0v) is 12.7. The van der Waals surface area contributed by atoms with E-state index >= 15 is 0 Å². The summed E-state index contributed by atoms with van der Waals surface area (Å²) >= 11 is 5.49. The van der Waals surface area contributed by atoms with E-state index < -0.39 is 0 Å². The lowest BCUT2D eigenvalue weighted by Crippen LogP contribution is -2.07. The van der Waals surface area contributed by atoms with Gasteiger partial charge in [-0.15, -0.1) is 0 Å². The molecular formula is C10H9BrIO2Si. The van der Waals surface area contributed by atoms with Crippen LogP contribution < -0.4 is 0 Å². The molecule has 2 nitrogen and oxygen atoms in total. The van der Waals surface area contributed by atoms with E-state index in [0.29, 0.717) is 12.2 Å².